The van der Waals surface area contributed by atoms with Crippen LogP contribution in [0.3, 0.4) is 0 Å². The van der Waals surface area contributed by atoms with Gasteiger partial charge in [0, 0.05) is 25.2 Å². The third-order valence-electron chi connectivity index (χ3n) is 6.60. The summed E-state index contributed by atoms with van der Waals surface area (Å²) in [6.07, 6.45) is 14.0. The largest absolute Gasteiger partial charge is 0.458 e. The number of esters is 1. The van der Waals surface area contributed by atoms with Gasteiger partial charge in [0.25, 0.3) is 0 Å². The summed E-state index contributed by atoms with van der Waals surface area (Å²) in [5.74, 6) is 0.548. The molecule has 24 heavy (non-hydrogen) atoms. The lowest BCUT2D eigenvalue weighted by Crippen LogP contribution is -2.42. The molecule has 0 spiro atoms. The van der Waals surface area contributed by atoms with Crippen molar-refractivity contribution in [3.63, 3.8) is 0 Å². The van der Waals surface area contributed by atoms with Gasteiger partial charge in [-0.05, 0) is 42.9 Å². The number of fused-ring (bicyclic) bond motifs is 5. The van der Waals surface area contributed by atoms with Gasteiger partial charge in [-0.3, -0.25) is 9.59 Å². The number of hydrogen-bond acceptors (Lipinski definition) is 3. The number of allylic oxidation sites excluding steroid dienone is 6. The van der Waals surface area contributed by atoms with E-state index >= 15 is 0 Å². The van der Waals surface area contributed by atoms with Crippen LogP contribution in [0.1, 0.15) is 46.5 Å². The Morgan fingerprint density at radius 3 is 2.83 bits per heavy atom. The summed E-state index contributed by atoms with van der Waals surface area (Å²) >= 11 is 0. The summed E-state index contributed by atoms with van der Waals surface area (Å²) in [5, 5.41) is 0. The molecule has 0 radical (unpaired) electrons. The van der Waals surface area contributed by atoms with Gasteiger partial charge in [0.15, 0.2) is 0 Å². The molecule has 1 saturated carbocycles. The monoisotopic (exact) mass is 324 g/mol. The molecule has 0 aromatic rings. The Morgan fingerprint density at radius 2 is 2.08 bits per heavy atom. The van der Waals surface area contributed by atoms with E-state index in [9.17, 15) is 9.59 Å². The van der Waals surface area contributed by atoms with Crippen LogP contribution in [-0.4, -0.2) is 17.9 Å². The van der Waals surface area contributed by atoms with Crippen molar-refractivity contribution in [3.8, 4) is 0 Å². The molecule has 0 saturated heterocycles. The Morgan fingerprint density at radius 1 is 1.29 bits per heavy atom. The summed E-state index contributed by atoms with van der Waals surface area (Å²) in [7, 11) is 0. The maximum absolute atomic E-state index is 12.4. The van der Waals surface area contributed by atoms with Crippen molar-refractivity contribution >= 4 is 11.8 Å². The predicted molar refractivity (Wildman–Crippen MR) is 92.1 cm³/mol. The molecule has 2 unspecified atom stereocenters. The lowest BCUT2D eigenvalue weighted by Gasteiger charge is -2.49. The Hall–Kier alpha value is -1.90. The highest BCUT2D eigenvalue weighted by molar-refractivity contribution is 5.94. The minimum Gasteiger partial charge on any atom is -0.458 e. The molecule has 0 aliphatic heterocycles. The van der Waals surface area contributed by atoms with Crippen molar-refractivity contribution < 1.29 is 14.3 Å². The van der Waals surface area contributed by atoms with E-state index in [2.05, 4.69) is 38.2 Å². The van der Waals surface area contributed by atoms with E-state index in [0.29, 0.717) is 18.1 Å². The van der Waals surface area contributed by atoms with Crippen LogP contribution in [0.4, 0.5) is 0 Å². The van der Waals surface area contributed by atoms with E-state index in [-0.39, 0.29) is 22.9 Å². The Labute approximate surface area is 143 Å². The summed E-state index contributed by atoms with van der Waals surface area (Å²) in [5.41, 5.74) is 3.63. The van der Waals surface area contributed by atoms with E-state index < -0.39 is 0 Å². The van der Waals surface area contributed by atoms with Crippen LogP contribution in [-0.2, 0) is 14.3 Å². The third-order valence-corrected chi connectivity index (χ3v) is 6.60. The molecule has 3 nitrogen and oxygen atoms in total. The van der Waals surface area contributed by atoms with Gasteiger partial charge in [-0.2, -0.15) is 0 Å². The standard InChI is InChI=1S/C21H24O3/c1-13(22)24-15-8-10-20(2)14(12-15)4-5-16-17-6-7-19(23)21(17,3)11-9-18(16)20/h4-6,8,10,15,18H,7,9,11-12H2,1-3H3/t15?,18?,20-,21-/m0/s1. The van der Waals surface area contributed by atoms with Gasteiger partial charge in [0.1, 0.15) is 11.9 Å². The SMILES string of the molecule is CC(=O)OC1C=C[C@@]2(C)C(=CC=C3C4=CCC(=O)[C@@]4(C)CCC32)C1. The number of carbonyl (C=O) groups is 2. The first-order valence-electron chi connectivity index (χ1n) is 8.87. The number of ketones is 1. The van der Waals surface area contributed by atoms with Crippen LogP contribution in [0.15, 0.2) is 47.1 Å². The first kappa shape index (κ1) is 15.6. The number of rotatable bonds is 1. The van der Waals surface area contributed by atoms with Gasteiger partial charge in [-0.1, -0.05) is 36.8 Å². The first-order valence-corrected chi connectivity index (χ1v) is 8.87. The molecular weight excluding hydrogens is 300 g/mol. The fourth-order valence-corrected chi connectivity index (χ4v) is 5.10. The van der Waals surface area contributed by atoms with Gasteiger partial charge in [-0.25, -0.2) is 0 Å². The molecule has 0 heterocycles. The number of carbonyl (C=O) groups excluding carboxylic acids is 2. The van der Waals surface area contributed by atoms with Gasteiger partial charge in [0.2, 0.25) is 0 Å². The summed E-state index contributed by atoms with van der Waals surface area (Å²) in [6, 6.07) is 0. The fourth-order valence-electron chi connectivity index (χ4n) is 5.10. The van der Waals surface area contributed by atoms with Crippen molar-refractivity contribution in [2.24, 2.45) is 16.7 Å². The highest BCUT2D eigenvalue weighted by Gasteiger charge is 2.52. The highest BCUT2D eigenvalue weighted by atomic mass is 16.5. The van der Waals surface area contributed by atoms with E-state index in [1.807, 2.05) is 6.08 Å². The zero-order valence-electron chi connectivity index (χ0n) is 14.6. The van der Waals surface area contributed by atoms with Crippen molar-refractivity contribution in [1.82, 2.24) is 0 Å². The van der Waals surface area contributed by atoms with E-state index in [1.165, 1.54) is 23.6 Å². The molecule has 4 aliphatic rings. The second-order valence-corrected chi connectivity index (χ2v) is 7.98. The minimum absolute atomic E-state index is 0.0332. The topological polar surface area (TPSA) is 43.4 Å². The highest BCUT2D eigenvalue weighted by Crippen LogP contribution is 2.59. The molecule has 1 fully saturated rings. The molecule has 0 aromatic carbocycles. The molecule has 0 amide bonds. The molecule has 4 aliphatic carbocycles. The lowest BCUT2D eigenvalue weighted by molar-refractivity contribution is -0.144. The normalized spacial score (nSPS) is 40.0. The second-order valence-electron chi connectivity index (χ2n) is 7.98. The lowest BCUT2D eigenvalue weighted by atomic mass is 9.54. The maximum Gasteiger partial charge on any atom is 0.303 e. The van der Waals surface area contributed by atoms with Crippen molar-refractivity contribution in [1.29, 1.82) is 0 Å². The molecule has 4 atom stereocenters. The molecule has 126 valence electrons. The van der Waals surface area contributed by atoms with Gasteiger partial charge in [0.05, 0.1) is 5.41 Å². The van der Waals surface area contributed by atoms with Crippen LogP contribution < -0.4 is 0 Å². The second kappa shape index (κ2) is 5.05. The zero-order chi connectivity index (χ0) is 17.1. The van der Waals surface area contributed by atoms with E-state index in [0.717, 1.165) is 19.3 Å². The van der Waals surface area contributed by atoms with Gasteiger partial charge >= 0.3 is 5.97 Å². The third kappa shape index (κ3) is 2.03. The van der Waals surface area contributed by atoms with Gasteiger partial charge in [-0.15, -0.1) is 0 Å². The van der Waals surface area contributed by atoms with E-state index in [1.54, 1.807) is 0 Å². The van der Waals surface area contributed by atoms with Crippen LogP contribution in [0, 0.1) is 16.7 Å². The maximum atomic E-state index is 12.4. The number of hydrogen-bond donors (Lipinski definition) is 0. The number of Topliss-reactive ketones (excluding diaryl/α,β-unsaturated/α-hetero) is 1. The molecule has 0 aromatic heterocycles. The number of ether oxygens (including phenoxy) is 1. The summed E-state index contributed by atoms with van der Waals surface area (Å²) in [4.78, 5) is 23.6. The van der Waals surface area contributed by atoms with Crippen molar-refractivity contribution in [3.05, 3.63) is 47.1 Å². The Balaban J connectivity index is 1.72. The quantitative estimate of drug-likeness (QED) is 0.539. The molecule has 0 bridgehead atoms. The average molecular weight is 324 g/mol. The first-order chi connectivity index (χ1) is 11.3. The summed E-state index contributed by atoms with van der Waals surface area (Å²) in [6.45, 7) is 5.86. The predicted octanol–water partition coefficient (Wildman–Crippen LogP) is 4.07. The van der Waals surface area contributed by atoms with Crippen molar-refractivity contribution in [2.75, 3.05) is 0 Å². The average Bonchev–Trinajstić information content (AvgIpc) is 2.83. The molecule has 4 rings (SSSR count). The molecular formula is C21H24O3. The van der Waals surface area contributed by atoms with Crippen LogP contribution in [0.2, 0.25) is 0 Å². The summed E-state index contributed by atoms with van der Waals surface area (Å²) < 4.78 is 5.38. The zero-order valence-corrected chi connectivity index (χ0v) is 14.6. The minimum atomic E-state index is -0.275. The van der Waals surface area contributed by atoms with Crippen LogP contribution in [0.25, 0.3) is 0 Å². The van der Waals surface area contributed by atoms with Crippen molar-refractivity contribution in [2.45, 2.75) is 52.6 Å². The Bertz CT molecular complexity index is 751. The van der Waals surface area contributed by atoms with E-state index in [4.69, 9.17) is 4.74 Å². The van der Waals surface area contributed by atoms with Crippen LogP contribution >= 0.6 is 0 Å². The van der Waals surface area contributed by atoms with Gasteiger partial charge < -0.3 is 4.74 Å². The smallest absolute Gasteiger partial charge is 0.303 e. The fraction of sp³-hybridized carbons (Fsp3) is 0.524. The van der Waals surface area contributed by atoms with Crippen LogP contribution in [0.5, 0.6) is 0 Å². The Kier molecular flexibility index (Phi) is 3.28. The molecule has 0 N–H and O–H groups in total. The molecule has 3 heteroatoms.